The van der Waals surface area contributed by atoms with E-state index in [1.807, 2.05) is 5.38 Å². The van der Waals surface area contributed by atoms with Crippen molar-refractivity contribution in [1.29, 1.82) is 0 Å². The maximum atomic E-state index is 12.6. The second-order valence-electron chi connectivity index (χ2n) is 6.24. The molecule has 0 fully saturated rings. The molecule has 7 heteroatoms. The average molecular weight is 390 g/mol. The largest absolute Gasteiger partial charge is 0.355 e. The number of allylic oxidation sites excluding steroid dienone is 2. The molecule has 26 heavy (non-hydrogen) atoms. The van der Waals surface area contributed by atoms with E-state index in [4.69, 9.17) is 0 Å². The van der Waals surface area contributed by atoms with Gasteiger partial charge in [-0.1, -0.05) is 29.5 Å². The molecule has 0 aliphatic heterocycles. The zero-order valence-electron chi connectivity index (χ0n) is 14.7. The van der Waals surface area contributed by atoms with E-state index in [1.54, 1.807) is 16.7 Å². The van der Waals surface area contributed by atoms with Gasteiger partial charge in [0, 0.05) is 13.1 Å². The Morgan fingerprint density at radius 3 is 3.12 bits per heavy atom. The van der Waals surface area contributed by atoms with Gasteiger partial charge in [-0.2, -0.15) is 0 Å². The predicted molar refractivity (Wildman–Crippen MR) is 109 cm³/mol. The molecule has 0 atom stereocenters. The lowest BCUT2D eigenvalue weighted by molar-refractivity contribution is -0.118. The fraction of sp³-hybridized carbons (Fsp3) is 0.421. The molecule has 3 rings (SSSR count). The third-order valence-corrected chi connectivity index (χ3v) is 6.13. The SMILES string of the molecule is C=CCn1c(SCC(=O)NCCC2=CCCCC2)nc2sccc2c1=O. The minimum absolute atomic E-state index is 0.0305. The molecule has 1 aliphatic rings. The fourth-order valence-corrected chi connectivity index (χ4v) is 4.65. The van der Waals surface area contributed by atoms with E-state index < -0.39 is 0 Å². The quantitative estimate of drug-likeness (QED) is 0.424. The van der Waals surface area contributed by atoms with Crippen LogP contribution in [-0.2, 0) is 11.3 Å². The van der Waals surface area contributed by atoms with Crippen molar-refractivity contribution in [2.45, 2.75) is 43.8 Å². The van der Waals surface area contributed by atoms with Crippen LogP contribution in [0.1, 0.15) is 32.1 Å². The van der Waals surface area contributed by atoms with E-state index in [9.17, 15) is 9.59 Å². The van der Waals surface area contributed by atoms with Crippen LogP contribution in [0.15, 0.2) is 45.7 Å². The highest BCUT2D eigenvalue weighted by molar-refractivity contribution is 7.99. The van der Waals surface area contributed by atoms with E-state index >= 15 is 0 Å². The normalized spacial score (nSPS) is 14.2. The van der Waals surface area contributed by atoms with Crippen molar-refractivity contribution in [3.63, 3.8) is 0 Å². The molecule has 5 nitrogen and oxygen atoms in total. The number of hydrogen-bond donors (Lipinski definition) is 1. The summed E-state index contributed by atoms with van der Waals surface area (Å²) >= 11 is 2.73. The van der Waals surface area contributed by atoms with Crippen molar-refractivity contribution in [1.82, 2.24) is 14.9 Å². The Balaban J connectivity index is 1.58. The molecule has 1 aliphatic carbocycles. The van der Waals surface area contributed by atoms with Gasteiger partial charge in [-0.25, -0.2) is 4.98 Å². The number of aromatic nitrogens is 2. The standard InChI is InChI=1S/C19H23N3O2S2/c1-2-11-22-18(24)15-9-12-25-17(15)21-19(22)26-13-16(23)20-10-8-14-6-4-3-5-7-14/h2,6,9,12H,1,3-5,7-8,10-11,13H2,(H,20,23). The van der Waals surface area contributed by atoms with Gasteiger partial charge in [-0.3, -0.25) is 14.2 Å². The van der Waals surface area contributed by atoms with Gasteiger partial charge >= 0.3 is 0 Å². The Bertz CT molecular complexity index is 883. The second kappa shape index (κ2) is 9.19. The van der Waals surface area contributed by atoms with Crippen LogP contribution in [0.2, 0.25) is 0 Å². The Morgan fingerprint density at radius 2 is 2.35 bits per heavy atom. The number of thiophene rings is 1. The van der Waals surface area contributed by atoms with E-state index in [-0.39, 0.29) is 17.2 Å². The minimum atomic E-state index is -0.0803. The predicted octanol–water partition coefficient (Wildman–Crippen LogP) is 3.74. The monoisotopic (exact) mass is 389 g/mol. The molecule has 1 amide bonds. The number of fused-ring (bicyclic) bond motifs is 1. The maximum absolute atomic E-state index is 12.6. The molecular weight excluding hydrogens is 366 g/mol. The number of nitrogens with zero attached hydrogens (tertiary/aromatic N) is 2. The Morgan fingerprint density at radius 1 is 1.46 bits per heavy atom. The Kier molecular flexibility index (Phi) is 6.68. The molecule has 0 aromatic carbocycles. The van der Waals surface area contributed by atoms with Crippen LogP contribution < -0.4 is 10.9 Å². The molecule has 2 aromatic heterocycles. The number of rotatable bonds is 8. The lowest BCUT2D eigenvalue weighted by Crippen LogP contribution is -2.27. The molecule has 0 bridgehead atoms. The number of carbonyl (C=O) groups is 1. The van der Waals surface area contributed by atoms with E-state index in [0.29, 0.717) is 28.5 Å². The van der Waals surface area contributed by atoms with E-state index in [1.165, 1.54) is 41.5 Å². The van der Waals surface area contributed by atoms with Crippen LogP contribution in [0.25, 0.3) is 10.2 Å². The van der Waals surface area contributed by atoms with Gasteiger partial charge in [0.25, 0.3) is 5.56 Å². The third-order valence-electron chi connectivity index (χ3n) is 4.35. The molecule has 0 unspecified atom stereocenters. The zero-order chi connectivity index (χ0) is 18.4. The first-order valence-electron chi connectivity index (χ1n) is 8.85. The van der Waals surface area contributed by atoms with Crippen LogP contribution >= 0.6 is 23.1 Å². The van der Waals surface area contributed by atoms with Crippen LogP contribution in [0.5, 0.6) is 0 Å². The number of carbonyl (C=O) groups excluding carboxylic acids is 1. The van der Waals surface area contributed by atoms with Gasteiger partial charge in [0.05, 0.1) is 11.1 Å². The first-order chi connectivity index (χ1) is 12.7. The molecule has 0 saturated heterocycles. The van der Waals surface area contributed by atoms with Gasteiger partial charge in [-0.15, -0.1) is 17.9 Å². The Labute approximate surface area is 161 Å². The summed E-state index contributed by atoms with van der Waals surface area (Å²) in [5, 5.41) is 6.01. The molecule has 0 radical (unpaired) electrons. The van der Waals surface area contributed by atoms with Crippen molar-refractivity contribution in [3.8, 4) is 0 Å². The first kappa shape index (κ1) is 18.9. The second-order valence-corrected chi connectivity index (χ2v) is 8.07. The van der Waals surface area contributed by atoms with Crippen LogP contribution in [0, 0.1) is 0 Å². The van der Waals surface area contributed by atoms with Crippen molar-refractivity contribution in [3.05, 3.63) is 46.1 Å². The Hall–Kier alpha value is -1.86. The number of hydrogen-bond acceptors (Lipinski definition) is 5. The molecule has 0 saturated carbocycles. The van der Waals surface area contributed by atoms with Crippen molar-refractivity contribution >= 4 is 39.2 Å². The van der Waals surface area contributed by atoms with Crippen molar-refractivity contribution < 1.29 is 4.79 Å². The maximum Gasteiger partial charge on any atom is 0.263 e. The minimum Gasteiger partial charge on any atom is -0.355 e. The van der Waals surface area contributed by atoms with Gasteiger partial charge in [0.2, 0.25) is 5.91 Å². The summed E-state index contributed by atoms with van der Waals surface area (Å²) in [4.78, 5) is 30.0. The third kappa shape index (κ3) is 4.65. The summed E-state index contributed by atoms with van der Waals surface area (Å²) in [6.07, 6.45) is 9.76. The number of nitrogens with one attached hydrogen (secondary N) is 1. The summed E-state index contributed by atoms with van der Waals surface area (Å²) in [5.41, 5.74) is 1.37. The smallest absolute Gasteiger partial charge is 0.263 e. The lowest BCUT2D eigenvalue weighted by atomic mass is 9.97. The number of thioether (sulfide) groups is 1. The highest BCUT2D eigenvalue weighted by Gasteiger charge is 2.13. The molecule has 1 N–H and O–H groups in total. The van der Waals surface area contributed by atoms with Gasteiger partial charge in [0.15, 0.2) is 5.16 Å². The lowest BCUT2D eigenvalue weighted by Gasteiger charge is -2.13. The van der Waals surface area contributed by atoms with E-state index in [2.05, 4.69) is 23.0 Å². The van der Waals surface area contributed by atoms with Gasteiger partial charge in [0.1, 0.15) is 4.83 Å². The van der Waals surface area contributed by atoms with E-state index in [0.717, 1.165) is 19.3 Å². The molecule has 2 aromatic rings. The molecular formula is C19H23N3O2S2. The average Bonchev–Trinajstić information content (AvgIpc) is 3.12. The van der Waals surface area contributed by atoms with Crippen LogP contribution in [0.4, 0.5) is 0 Å². The molecule has 2 heterocycles. The highest BCUT2D eigenvalue weighted by Crippen LogP contribution is 2.21. The first-order valence-corrected chi connectivity index (χ1v) is 10.7. The summed E-state index contributed by atoms with van der Waals surface area (Å²) in [7, 11) is 0. The molecule has 138 valence electrons. The van der Waals surface area contributed by atoms with Crippen molar-refractivity contribution in [2.24, 2.45) is 0 Å². The summed E-state index contributed by atoms with van der Waals surface area (Å²) < 4.78 is 1.58. The van der Waals surface area contributed by atoms with Crippen molar-refractivity contribution in [2.75, 3.05) is 12.3 Å². The van der Waals surface area contributed by atoms with Gasteiger partial charge in [-0.05, 0) is 43.6 Å². The fourth-order valence-electron chi connectivity index (χ4n) is 3.01. The van der Waals surface area contributed by atoms with Gasteiger partial charge < -0.3 is 5.32 Å². The summed E-state index contributed by atoms with van der Waals surface area (Å²) in [5.74, 6) is 0.219. The molecule has 0 spiro atoms. The van der Waals surface area contributed by atoms with Crippen LogP contribution in [-0.4, -0.2) is 27.8 Å². The number of amides is 1. The zero-order valence-corrected chi connectivity index (χ0v) is 16.3. The van der Waals surface area contributed by atoms with Crippen LogP contribution in [0.3, 0.4) is 0 Å². The summed E-state index contributed by atoms with van der Waals surface area (Å²) in [6.45, 7) is 4.76. The summed E-state index contributed by atoms with van der Waals surface area (Å²) in [6, 6.07) is 1.79. The highest BCUT2D eigenvalue weighted by atomic mass is 32.2. The topological polar surface area (TPSA) is 64.0 Å².